The molecule has 3 heteroatoms. The number of rotatable bonds is 8. The van der Waals surface area contributed by atoms with Crippen molar-refractivity contribution in [1.82, 2.24) is 10.2 Å². The molecule has 120 valence electrons. The Morgan fingerprint density at radius 2 is 1.50 bits per heavy atom. The molecule has 1 rings (SSSR count). The molecule has 0 saturated carbocycles. The van der Waals surface area contributed by atoms with Crippen molar-refractivity contribution in [2.24, 2.45) is 5.92 Å². The molecule has 0 spiro atoms. The summed E-state index contributed by atoms with van der Waals surface area (Å²) in [7, 11) is 0. The molecule has 0 aliphatic carbocycles. The maximum atomic E-state index is 6.38. The highest BCUT2D eigenvalue weighted by Crippen LogP contribution is 2.42. The van der Waals surface area contributed by atoms with Crippen molar-refractivity contribution in [3.63, 3.8) is 0 Å². The van der Waals surface area contributed by atoms with Gasteiger partial charge in [0.15, 0.2) is 0 Å². The summed E-state index contributed by atoms with van der Waals surface area (Å²) in [5, 5.41) is 3.68. The molecule has 0 aromatic rings. The molecule has 0 aromatic heterocycles. The average molecular weight is 284 g/mol. The van der Waals surface area contributed by atoms with E-state index in [1.807, 2.05) is 0 Å². The monoisotopic (exact) mass is 284 g/mol. The second-order valence-corrected chi connectivity index (χ2v) is 7.25. The molecule has 1 aliphatic rings. The van der Waals surface area contributed by atoms with Crippen molar-refractivity contribution in [3.05, 3.63) is 0 Å². The predicted molar refractivity (Wildman–Crippen MR) is 87.2 cm³/mol. The average Bonchev–Trinajstić information content (AvgIpc) is 2.48. The molecule has 1 saturated heterocycles. The molecule has 2 atom stereocenters. The number of hydrogen-bond donors (Lipinski definition) is 1. The molecular formula is C17H36N2O. The van der Waals surface area contributed by atoms with Gasteiger partial charge < -0.3 is 15.0 Å². The van der Waals surface area contributed by atoms with Crippen LogP contribution in [0.15, 0.2) is 0 Å². The highest BCUT2D eigenvalue weighted by atomic mass is 16.5. The molecule has 0 radical (unpaired) electrons. The van der Waals surface area contributed by atoms with Gasteiger partial charge in [0.25, 0.3) is 0 Å². The maximum Gasteiger partial charge on any atom is 0.0790 e. The smallest absolute Gasteiger partial charge is 0.0790 e. The Balaban J connectivity index is 2.86. The summed E-state index contributed by atoms with van der Waals surface area (Å²) in [4.78, 5) is 2.61. The van der Waals surface area contributed by atoms with Crippen molar-refractivity contribution >= 4 is 0 Å². The molecule has 1 fully saturated rings. The Morgan fingerprint density at radius 3 is 1.95 bits per heavy atom. The first-order chi connectivity index (χ1) is 9.28. The zero-order valence-electron chi connectivity index (χ0n) is 14.8. The van der Waals surface area contributed by atoms with Crippen LogP contribution in [0.5, 0.6) is 0 Å². The largest absolute Gasteiger partial charge is 0.368 e. The van der Waals surface area contributed by atoms with Gasteiger partial charge >= 0.3 is 0 Å². The van der Waals surface area contributed by atoms with Gasteiger partial charge in [-0.1, -0.05) is 20.8 Å². The van der Waals surface area contributed by atoms with E-state index in [-0.39, 0.29) is 11.2 Å². The molecule has 3 nitrogen and oxygen atoms in total. The summed E-state index contributed by atoms with van der Waals surface area (Å²) in [5.41, 5.74) is -0.148. The first-order valence-corrected chi connectivity index (χ1v) is 8.44. The summed E-state index contributed by atoms with van der Waals surface area (Å²) in [6, 6.07) is 0.429. The van der Waals surface area contributed by atoms with Crippen LogP contribution in [0.4, 0.5) is 0 Å². The molecule has 2 unspecified atom stereocenters. The molecule has 20 heavy (non-hydrogen) atoms. The summed E-state index contributed by atoms with van der Waals surface area (Å²) >= 11 is 0. The van der Waals surface area contributed by atoms with Crippen molar-refractivity contribution in [1.29, 1.82) is 0 Å². The summed E-state index contributed by atoms with van der Waals surface area (Å²) in [6.07, 6.45) is 2.45. The van der Waals surface area contributed by atoms with E-state index >= 15 is 0 Å². The van der Waals surface area contributed by atoms with Crippen molar-refractivity contribution in [2.45, 2.75) is 78.6 Å². The summed E-state index contributed by atoms with van der Waals surface area (Å²) in [5.74, 6) is 0.538. The second-order valence-electron chi connectivity index (χ2n) is 7.25. The van der Waals surface area contributed by atoms with Gasteiger partial charge in [0.2, 0.25) is 0 Å². The standard InChI is InChI=1S/C17H36N2O/c1-8-11-19(12-9-2)13-14-15(18-10-3)17(6,7)20-16(14,4)5/h14-15,18H,8-13H2,1-7H3. The first-order valence-electron chi connectivity index (χ1n) is 8.44. The third kappa shape index (κ3) is 4.19. The second kappa shape index (κ2) is 7.24. The van der Waals surface area contributed by atoms with Gasteiger partial charge in [-0.05, 0) is 60.2 Å². The van der Waals surface area contributed by atoms with Crippen molar-refractivity contribution in [2.75, 3.05) is 26.2 Å². The van der Waals surface area contributed by atoms with Crippen molar-refractivity contribution < 1.29 is 4.74 Å². The number of ether oxygens (including phenoxy) is 1. The Morgan fingerprint density at radius 1 is 0.950 bits per heavy atom. The van der Waals surface area contributed by atoms with Crippen LogP contribution in [0.1, 0.15) is 61.3 Å². The summed E-state index contributed by atoms with van der Waals surface area (Å²) in [6.45, 7) is 20.2. The van der Waals surface area contributed by atoms with E-state index in [1.165, 1.54) is 25.9 Å². The van der Waals surface area contributed by atoms with Gasteiger partial charge in [0.05, 0.1) is 11.2 Å². The van der Waals surface area contributed by atoms with Crippen LogP contribution in [0.2, 0.25) is 0 Å². The summed E-state index contributed by atoms with van der Waals surface area (Å²) < 4.78 is 6.38. The third-order valence-corrected chi connectivity index (χ3v) is 4.53. The third-order valence-electron chi connectivity index (χ3n) is 4.53. The highest BCUT2D eigenvalue weighted by Gasteiger charge is 2.53. The van der Waals surface area contributed by atoms with E-state index in [2.05, 4.69) is 58.7 Å². The fraction of sp³-hybridized carbons (Fsp3) is 1.00. The number of nitrogens with zero attached hydrogens (tertiary/aromatic N) is 1. The lowest BCUT2D eigenvalue weighted by atomic mass is 9.82. The Hall–Kier alpha value is -0.120. The minimum absolute atomic E-state index is 0.0595. The van der Waals surface area contributed by atoms with Crippen LogP contribution >= 0.6 is 0 Å². The minimum Gasteiger partial charge on any atom is -0.368 e. The Labute approximate surface area is 126 Å². The molecule has 1 heterocycles. The van der Waals surface area contributed by atoms with E-state index in [0.717, 1.165) is 13.1 Å². The molecule has 0 bridgehead atoms. The molecule has 0 aromatic carbocycles. The quantitative estimate of drug-likeness (QED) is 0.740. The maximum absolute atomic E-state index is 6.38. The predicted octanol–water partition coefficient (Wildman–Crippen LogP) is 3.29. The van der Waals surface area contributed by atoms with Crippen molar-refractivity contribution in [3.8, 4) is 0 Å². The van der Waals surface area contributed by atoms with E-state index in [9.17, 15) is 0 Å². The van der Waals surface area contributed by atoms with Crippen LogP contribution < -0.4 is 5.32 Å². The number of hydrogen-bond acceptors (Lipinski definition) is 3. The Bertz CT molecular complexity index is 283. The SMILES string of the molecule is CCCN(CCC)CC1C(NCC)C(C)(C)OC1(C)C. The molecule has 0 amide bonds. The van der Waals surface area contributed by atoms with Gasteiger partial charge in [0, 0.05) is 18.5 Å². The zero-order chi connectivity index (χ0) is 15.4. The fourth-order valence-electron chi connectivity index (χ4n) is 3.84. The van der Waals surface area contributed by atoms with Crippen LogP contribution in [0.25, 0.3) is 0 Å². The molecule has 1 aliphatic heterocycles. The van der Waals surface area contributed by atoms with E-state index in [0.29, 0.717) is 12.0 Å². The topological polar surface area (TPSA) is 24.5 Å². The van der Waals surface area contributed by atoms with E-state index in [4.69, 9.17) is 4.74 Å². The van der Waals surface area contributed by atoms with Crippen LogP contribution in [0.3, 0.4) is 0 Å². The minimum atomic E-state index is -0.0890. The number of nitrogens with one attached hydrogen (secondary N) is 1. The highest BCUT2D eigenvalue weighted by molar-refractivity contribution is 5.06. The van der Waals surface area contributed by atoms with Crippen LogP contribution in [-0.2, 0) is 4.74 Å². The lowest BCUT2D eigenvalue weighted by molar-refractivity contribution is -0.0795. The lowest BCUT2D eigenvalue weighted by Crippen LogP contribution is -2.51. The lowest BCUT2D eigenvalue weighted by Gasteiger charge is -2.34. The molecule has 1 N–H and O–H groups in total. The first kappa shape index (κ1) is 17.9. The molecular weight excluding hydrogens is 248 g/mol. The fourth-order valence-corrected chi connectivity index (χ4v) is 3.84. The Kier molecular flexibility index (Phi) is 6.49. The van der Waals surface area contributed by atoms with Gasteiger partial charge in [0.1, 0.15) is 0 Å². The number of likely N-dealkylation sites (N-methyl/N-ethyl adjacent to an activating group) is 1. The van der Waals surface area contributed by atoms with E-state index in [1.54, 1.807) is 0 Å². The van der Waals surface area contributed by atoms with Gasteiger partial charge in [-0.25, -0.2) is 0 Å². The van der Waals surface area contributed by atoms with Gasteiger partial charge in [-0.2, -0.15) is 0 Å². The normalized spacial score (nSPS) is 28.2. The van der Waals surface area contributed by atoms with E-state index < -0.39 is 0 Å². The van der Waals surface area contributed by atoms with Crippen LogP contribution in [0, 0.1) is 5.92 Å². The van der Waals surface area contributed by atoms with Crippen LogP contribution in [-0.4, -0.2) is 48.3 Å². The zero-order valence-corrected chi connectivity index (χ0v) is 14.8. The van der Waals surface area contributed by atoms with Gasteiger partial charge in [-0.3, -0.25) is 0 Å². The van der Waals surface area contributed by atoms with Gasteiger partial charge in [-0.15, -0.1) is 0 Å².